The molecule has 0 heterocycles. The van der Waals surface area contributed by atoms with Crippen LogP contribution < -0.4 is 0 Å². The SMILES string of the molecule is CC1C(C)C(C)C(C)C1C.CC=[N-].CC=[N-].CC=[N-].O=S(=O)(O)C(F)(F)F.[CH3-].[Ru+4]. The van der Waals surface area contributed by atoms with Crippen molar-refractivity contribution in [2.24, 2.45) is 29.6 Å². The molecule has 29 heavy (non-hydrogen) atoms. The number of alkyl halides is 3. The Morgan fingerprint density at radius 3 is 0.828 bits per heavy atom. The van der Waals surface area contributed by atoms with Crippen LogP contribution >= 0.6 is 0 Å². The van der Waals surface area contributed by atoms with Gasteiger partial charge >= 0.3 is 35.1 Å². The fraction of sp³-hybridized carbons (Fsp3) is 0.778. The van der Waals surface area contributed by atoms with E-state index in [4.69, 9.17) is 29.2 Å². The van der Waals surface area contributed by atoms with Crippen molar-refractivity contribution in [1.82, 2.24) is 0 Å². The van der Waals surface area contributed by atoms with Gasteiger partial charge < -0.3 is 23.7 Å². The largest absolute Gasteiger partial charge is 4.00 e. The second-order valence-corrected chi connectivity index (χ2v) is 7.40. The van der Waals surface area contributed by atoms with Gasteiger partial charge in [0.1, 0.15) is 0 Å². The van der Waals surface area contributed by atoms with Crippen LogP contribution in [0.25, 0.3) is 16.2 Å². The van der Waals surface area contributed by atoms with E-state index in [2.05, 4.69) is 34.6 Å². The summed E-state index contributed by atoms with van der Waals surface area (Å²) in [6.07, 6.45) is 3.00. The maximum Gasteiger partial charge on any atom is 4.00 e. The molecule has 1 aliphatic rings. The van der Waals surface area contributed by atoms with Crippen molar-refractivity contribution in [2.75, 3.05) is 0 Å². The summed E-state index contributed by atoms with van der Waals surface area (Å²) >= 11 is 0. The molecule has 0 amide bonds. The van der Waals surface area contributed by atoms with Gasteiger partial charge in [-0.2, -0.15) is 21.6 Å². The fourth-order valence-electron chi connectivity index (χ4n) is 2.39. The summed E-state index contributed by atoms with van der Waals surface area (Å²) in [5.41, 5.74) is -5.53. The van der Waals surface area contributed by atoms with Crippen molar-refractivity contribution in [2.45, 2.75) is 60.9 Å². The molecular weight excluding hydrogens is 496 g/mol. The third-order valence-electron chi connectivity index (χ3n) is 4.44. The van der Waals surface area contributed by atoms with Gasteiger partial charge in [0.05, 0.1) is 0 Å². The number of hydrogen-bond acceptors (Lipinski definition) is 2. The summed E-state index contributed by atoms with van der Waals surface area (Å²) in [6.45, 7) is 16.7. The fourth-order valence-corrected chi connectivity index (χ4v) is 2.39. The summed E-state index contributed by atoms with van der Waals surface area (Å²) in [5.74, 6) is 4.68. The Hall–Kier alpha value is -0.667. The van der Waals surface area contributed by atoms with E-state index in [0.717, 1.165) is 48.2 Å². The van der Waals surface area contributed by atoms with E-state index in [-0.39, 0.29) is 26.9 Å². The first-order chi connectivity index (χ1) is 12.0. The van der Waals surface area contributed by atoms with Crippen molar-refractivity contribution in [3.05, 3.63) is 23.7 Å². The van der Waals surface area contributed by atoms with Crippen LogP contribution in [-0.2, 0) is 29.6 Å². The molecule has 11 heteroatoms. The molecule has 1 aliphatic carbocycles. The van der Waals surface area contributed by atoms with Crippen LogP contribution in [0, 0.1) is 37.0 Å². The summed E-state index contributed by atoms with van der Waals surface area (Å²) < 4.78 is 57.5. The molecule has 6 nitrogen and oxygen atoms in total. The minimum Gasteiger partial charge on any atom is -0.814 e. The van der Waals surface area contributed by atoms with Crippen molar-refractivity contribution in [1.29, 1.82) is 0 Å². The van der Waals surface area contributed by atoms with Gasteiger partial charge in [-0.15, -0.1) is 0 Å². The Kier molecular flexibility index (Phi) is 32.2. The molecule has 176 valence electrons. The molecule has 0 aliphatic heterocycles. The zero-order chi connectivity index (χ0) is 23.0. The second-order valence-electron chi connectivity index (χ2n) is 5.99. The van der Waals surface area contributed by atoms with Gasteiger partial charge in [-0.3, -0.25) is 4.55 Å². The molecule has 0 saturated heterocycles. The van der Waals surface area contributed by atoms with Gasteiger partial charge in [0.2, 0.25) is 0 Å². The predicted molar refractivity (Wildman–Crippen MR) is 115 cm³/mol. The number of halogens is 3. The third-order valence-corrected chi connectivity index (χ3v) is 5.02. The quantitative estimate of drug-likeness (QED) is 0.136. The topological polar surface area (TPSA) is 121 Å². The van der Waals surface area contributed by atoms with E-state index in [0.29, 0.717) is 0 Å². The monoisotopic (exact) mass is 533 g/mol. The maximum absolute atomic E-state index is 10.7. The summed E-state index contributed by atoms with van der Waals surface area (Å²) in [5, 5.41) is 22.3. The van der Waals surface area contributed by atoms with Gasteiger partial charge in [-0.1, -0.05) is 55.4 Å². The van der Waals surface area contributed by atoms with Crippen molar-refractivity contribution >= 4 is 28.8 Å². The smallest absolute Gasteiger partial charge is 0.814 e. The molecule has 1 rings (SSSR count). The first-order valence-electron chi connectivity index (χ1n) is 8.35. The molecular formula is C18H36F3N3O3RuS. The second kappa shape index (κ2) is 22.0. The molecule has 0 bridgehead atoms. The van der Waals surface area contributed by atoms with Crippen molar-refractivity contribution in [3.8, 4) is 0 Å². The molecule has 0 aromatic carbocycles. The Balaban J connectivity index is -0.0000000627. The number of rotatable bonds is 0. The predicted octanol–water partition coefficient (Wildman–Crippen LogP) is 5.96. The standard InChI is InChI=1S/C10H20.3C2H4N.CHF3O3S.CH3.Ru/c1-6-7(2)9(4)10(5)8(6)3;3*1-2-3;2-1(3,4)8(5,6)7;;/h6-10H,1-5H3;3*2H,1H3;(H,5,6,7);1H3;/q;3*-1;;-1;+4. The summed E-state index contributed by atoms with van der Waals surface area (Å²) in [4.78, 5) is 0. The van der Waals surface area contributed by atoms with E-state index < -0.39 is 15.6 Å². The average Bonchev–Trinajstić information content (AvgIpc) is 2.66. The zero-order valence-corrected chi connectivity index (χ0v) is 21.2. The normalized spacial score (nSPS) is 24.3. The van der Waals surface area contributed by atoms with Crippen LogP contribution in [-0.4, -0.2) is 37.1 Å². The van der Waals surface area contributed by atoms with Crippen molar-refractivity contribution in [3.63, 3.8) is 0 Å². The summed E-state index contributed by atoms with van der Waals surface area (Å²) in [6, 6.07) is 0. The van der Waals surface area contributed by atoms with Gasteiger partial charge in [0.25, 0.3) is 0 Å². The average molecular weight is 533 g/mol. The Morgan fingerprint density at radius 2 is 0.793 bits per heavy atom. The van der Waals surface area contributed by atoms with E-state index in [1.54, 1.807) is 20.8 Å². The van der Waals surface area contributed by atoms with Gasteiger partial charge in [-0.25, -0.2) is 18.6 Å². The molecule has 1 fully saturated rings. The minimum absolute atomic E-state index is 0. The molecule has 0 unspecified atom stereocenters. The van der Waals surface area contributed by atoms with E-state index in [9.17, 15) is 13.2 Å². The number of nitrogens with zero attached hydrogens (tertiary/aromatic N) is 3. The van der Waals surface area contributed by atoms with Gasteiger partial charge in [0, 0.05) is 0 Å². The molecule has 0 atom stereocenters. The van der Waals surface area contributed by atoms with Crippen LogP contribution in [0.1, 0.15) is 55.4 Å². The Bertz CT molecular complexity index is 445. The maximum atomic E-state index is 10.7. The Labute approximate surface area is 188 Å². The molecule has 0 radical (unpaired) electrons. The van der Waals surface area contributed by atoms with Crippen LogP contribution in [0.5, 0.6) is 0 Å². The van der Waals surface area contributed by atoms with E-state index >= 15 is 0 Å². The molecule has 0 spiro atoms. The van der Waals surface area contributed by atoms with Gasteiger partial charge in [-0.05, 0) is 29.6 Å². The Morgan fingerprint density at radius 1 is 0.724 bits per heavy atom. The van der Waals surface area contributed by atoms with Crippen LogP contribution in [0.4, 0.5) is 13.2 Å². The molecule has 1 saturated carbocycles. The number of hydrogen-bond donors (Lipinski definition) is 1. The third kappa shape index (κ3) is 21.9. The van der Waals surface area contributed by atoms with Crippen LogP contribution in [0.15, 0.2) is 0 Å². The first-order valence-corrected chi connectivity index (χ1v) is 9.79. The van der Waals surface area contributed by atoms with E-state index in [1.807, 2.05) is 0 Å². The van der Waals surface area contributed by atoms with Crippen molar-refractivity contribution < 1.29 is 45.6 Å². The van der Waals surface area contributed by atoms with Crippen LogP contribution in [0.2, 0.25) is 0 Å². The van der Waals surface area contributed by atoms with Gasteiger partial charge in [0.15, 0.2) is 0 Å². The molecule has 1 N–H and O–H groups in total. The first kappa shape index (κ1) is 42.4. The molecule has 0 aromatic heterocycles. The summed E-state index contributed by atoms with van der Waals surface area (Å²) in [7, 11) is -5.84. The van der Waals surface area contributed by atoms with E-state index in [1.165, 1.54) is 0 Å². The zero-order valence-electron chi connectivity index (χ0n) is 18.6. The molecule has 0 aromatic rings. The van der Waals surface area contributed by atoms with Crippen LogP contribution in [0.3, 0.4) is 0 Å². The minimum atomic E-state index is -5.84.